The molecule has 0 rings (SSSR count). The highest BCUT2D eigenvalue weighted by molar-refractivity contribution is 6.26. The summed E-state index contributed by atoms with van der Waals surface area (Å²) in [5.74, 6) is -1.83. The second-order valence-electron chi connectivity index (χ2n) is 4.37. The number of hydrogen-bond donors (Lipinski definition) is 3. The number of carbonyl (C=O) groups is 3. The number of rotatable bonds is 8. The van der Waals surface area contributed by atoms with Crippen LogP contribution in [-0.4, -0.2) is 47.2 Å². The van der Waals surface area contributed by atoms with Gasteiger partial charge < -0.3 is 20.6 Å². The van der Waals surface area contributed by atoms with Crippen LogP contribution in [0.15, 0.2) is 0 Å². The van der Waals surface area contributed by atoms with Crippen LogP contribution in [0.25, 0.3) is 0 Å². The molecule has 0 saturated heterocycles. The molecule has 19 heavy (non-hydrogen) atoms. The summed E-state index contributed by atoms with van der Waals surface area (Å²) in [7, 11) is 0. The molecule has 0 aliphatic carbocycles. The van der Waals surface area contributed by atoms with Crippen LogP contribution in [0.5, 0.6) is 0 Å². The number of Topliss-reactive ketones (excluding diaryl/α,β-unsaturated/α-hetero) is 1. The largest absolute Gasteiger partial charge is 0.461 e. The van der Waals surface area contributed by atoms with Crippen molar-refractivity contribution in [1.29, 1.82) is 5.41 Å². The molecule has 0 heterocycles. The molecule has 7 heteroatoms. The van der Waals surface area contributed by atoms with Crippen LogP contribution in [0.2, 0.25) is 0 Å². The number of amides is 1. The second kappa shape index (κ2) is 8.36. The minimum absolute atomic E-state index is 0.0260. The van der Waals surface area contributed by atoms with Gasteiger partial charge in [0.25, 0.3) is 0 Å². The molecule has 0 aliphatic heterocycles. The Hall–Kier alpha value is -1.76. The highest BCUT2D eigenvalue weighted by Crippen LogP contribution is 2.03. The van der Waals surface area contributed by atoms with Gasteiger partial charge in [0, 0.05) is 6.42 Å². The number of aliphatic hydroxyl groups is 1. The third-order valence-corrected chi connectivity index (χ3v) is 2.17. The molecule has 1 amide bonds. The lowest BCUT2D eigenvalue weighted by Gasteiger charge is -2.19. The summed E-state index contributed by atoms with van der Waals surface area (Å²) in [6.07, 6.45) is -0.981. The summed E-state index contributed by atoms with van der Waals surface area (Å²) in [5.41, 5.74) is 0. The molecule has 0 radical (unpaired) electrons. The van der Waals surface area contributed by atoms with E-state index in [4.69, 9.17) is 15.3 Å². The van der Waals surface area contributed by atoms with Crippen molar-refractivity contribution in [3.05, 3.63) is 0 Å². The third kappa shape index (κ3) is 7.30. The zero-order valence-corrected chi connectivity index (χ0v) is 11.3. The highest BCUT2D eigenvalue weighted by atomic mass is 16.5. The Kier molecular flexibility index (Phi) is 7.59. The van der Waals surface area contributed by atoms with Gasteiger partial charge in [-0.05, 0) is 27.2 Å². The zero-order valence-electron chi connectivity index (χ0n) is 11.3. The maximum Gasteiger partial charge on any atom is 0.328 e. The van der Waals surface area contributed by atoms with E-state index in [1.165, 1.54) is 6.92 Å². The summed E-state index contributed by atoms with van der Waals surface area (Å²) >= 11 is 0. The van der Waals surface area contributed by atoms with Crippen LogP contribution >= 0.6 is 0 Å². The van der Waals surface area contributed by atoms with E-state index in [0.717, 1.165) is 0 Å². The van der Waals surface area contributed by atoms with E-state index >= 15 is 0 Å². The molecule has 108 valence electrons. The first-order valence-corrected chi connectivity index (χ1v) is 6.00. The monoisotopic (exact) mass is 272 g/mol. The molecule has 0 unspecified atom stereocenters. The number of ether oxygens (including phenoxy) is 1. The molecule has 0 fully saturated rings. The number of nitrogens with one attached hydrogen (secondary N) is 2. The fraction of sp³-hybridized carbons (Fsp3) is 0.667. The average Bonchev–Trinajstić information content (AvgIpc) is 2.32. The Morgan fingerprint density at radius 2 is 1.89 bits per heavy atom. The molecule has 0 aromatic heterocycles. The van der Waals surface area contributed by atoms with E-state index in [-0.39, 0.29) is 18.9 Å². The van der Waals surface area contributed by atoms with Gasteiger partial charge in [-0.1, -0.05) is 0 Å². The van der Waals surface area contributed by atoms with Gasteiger partial charge in [-0.25, -0.2) is 4.79 Å². The van der Waals surface area contributed by atoms with E-state index in [0.29, 0.717) is 6.21 Å². The highest BCUT2D eigenvalue weighted by Gasteiger charge is 2.25. The minimum atomic E-state index is -1.26. The predicted octanol–water partition coefficient (Wildman–Crippen LogP) is -0.198. The summed E-state index contributed by atoms with van der Waals surface area (Å²) < 4.78 is 4.96. The predicted molar refractivity (Wildman–Crippen MR) is 67.9 cm³/mol. The average molecular weight is 272 g/mol. The third-order valence-electron chi connectivity index (χ3n) is 2.17. The molecular formula is C12H20N2O5. The molecule has 0 bridgehead atoms. The van der Waals surface area contributed by atoms with Crippen molar-refractivity contribution in [2.75, 3.05) is 0 Å². The Balaban J connectivity index is 4.62. The van der Waals surface area contributed by atoms with E-state index in [1.807, 2.05) is 0 Å². The van der Waals surface area contributed by atoms with Gasteiger partial charge in [-0.3, -0.25) is 9.59 Å². The van der Waals surface area contributed by atoms with Crippen molar-refractivity contribution in [2.24, 2.45) is 0 Å². The van der Waals surface area contributed by atoms with Gasteiger partial charge >= 0.3 is 5.97 Å². The van der Waals surface area contributed by atoms with E-state index in [1.54, 1.807) is 13.8 Å². The first-order chi connectivity index (χ1) is 8.77. The number of aliphatic hydroxyl groups excluding tert-OH is 1. The summed E-state index contributed by atoms with van der Waals surface area (Å²) in [6.45, 7) is 4.59. The van der Waals surface area contributed by atoms with Crippen LogP contribution in [0, 0.1) is 5.41 Å². The Bertz CT molecular complexity index is 352. The Morgan fingerprint density at radius 3 is 2.32 bits per heavy atom. The standard InChI is InChI=1S/C12H20N2O5/c1-7(2)19-12(18)10(5-4-9(16)6-13)14-11(17)8(3)15/h6-8,10,13,15H,4-5H2,1-3H3,(H,14,17)/t8-,10-/m0/s1. The normalized spacial score (nSPS) is 13.5. The van der Waals surface area contributed by atoms with Gasteiger partial charge in [0.2, 0.25) is 5.91 Å². The van der Waals surface area contributed by atoms with Gasteiger partial charge in [-0.15, -0.1) is 0 Å². The van der Waals surface area contributed by atoms with Crippen molar-refractivity contribution in [2.45, 2.75) is 51.9 Å². The van der Waals surface area contributed by atoms with Crippen LogP contribution in [0.3, 0.4) is 0 Å². The fourth-order valence-electron chi connectivity index (χ4n) is 1.21. The first-order valence-electron chi connectivity index (χ1n) is 6.00. The smallest absolute Gasteiger partial charge is 0.328 e. The first kappa shape index (κ1) is 17.2. The lowest BCUT2D eigenvalue weighted by molar-refractivity contribution is -0.152. The zero-order chi connectivity index (χ0) is 15.0. The lowest BCUT2D eigenvalue weighted by Crippen LogP contribution is -2.46. The summed E-state index contributed by atoms with van der Waals surface area (Å²) in [4.78, 5) is 34.1. The molecule has 0 saturated carbocycles. The van der Waals surface area contributed by atoms with Crippen LogP contribution < -0.4 is 5.32 Å². The van der Waals surface area contributed by atoms with Gasteiger partial charge in [0.15, 0.2) is 5.78 Å². The molecule has 0 spiro atoms. The van der Waals surface area contributed by atoms with Gasteiger partial charge in [0.1, 0.15) is 12.1 Å². The quantitative estimate of drug-likeness (QED) is 0.418. The topological polar surface area (TPSA) is 117 Å². The number of esters is 1. The molecule has 3 N–H and O–H groups in total. The molecular weight excluding hydrogens is 252 g/mol. The van der Waals surface area contributed by atoms with E-state index in [2.05, 4.69) is 5.32 Å². The fourth-order valence-corrected chi connectivity index (χ4v) is 1.21. The Morgan fingerprint density at radius 1 is 1.32 bits per heavy atom. The number of hydrogen-bond acceptors (Lipinski definition) is 6. The van der Waals surface area contributed by atoms with Crippen molar-refractivity contribution in [3.63, 3.8) is 0 Å². The maximum atomic E-state index is 11.7. The summed E-state index contributed by atoms with van der Waals surface area (Å²) in [6, 6.07) is -1.01. The van der Waals surface area contributed by atoms with Crippen molar-refractivity contribution >= 4 is 23.9 Å². The van der Waals surface area contributed by atoms with Crippen LogP contribution in [-0.2, 0) is 19.1 Å². The number of ketones is 1. The van der Waals surface area contributed by atoms with Crippen molar-refractivity contribution < 1.29 is 24.2 Å². The molecule has 2 atom stereocenters. The van der Waals surface area contributed by atoms with Crippen molar-refractivity contribution in [1.82, 2.24) is 5.32 Å². The summed E-state index contributed by atoms with van der Waals surface area (Å²) in [5, 5.41) is 18.2. The molecule has 7 nitrogen and oxygen atoms in total. The minimum Gasteiger partial charge on any atom is -0.461 e. The molecule has 0 aromatic rings. The maximum absolute atomic E-state index is 11.7. The Labute approximate surface area is 111 Å². The lowest BCUT2D eigenvalue weighted by atomic mass is 10.1. The molecule has 0 aliphatic rings. The van der Waals surface area contributed by atoms with E-state index in [9.17, 15) is 14.4 Å². The SMILES string of the molecule is CC(C)OC(=O)[C@H](CCC(=O)C=N)NC(=O)[C@H](C)O. The van der Waals surface area contributed by atoms with Crippen molar-refractivity contribution in [3.8, 4) is 0 Å². The van der Waals surface area contributed by atoms with Gasteiger partial charge in [-0.2, -0.15) is 0 Å². The van der Waals surface area contributed by atoms with E-state index < -0.39 is 29.8 Å². The van der Waals surface area contributed by atoms with Gasteiger partial charge in [0.05, 0.1) is 12.3 Å². The second-order valence-corrected chi connectivity index (χ2v) is 4.37. The molecule has 0 aromatic carbocycles. The number of carbonyl (C=O) groups excluding carboxylic acids is 3. The van der Waals surface area contributed by atoms with Crippen LogP contribution in [0.1, 0.15) is 33.6 Å². The van der Waals surface area contributed by atoms with Crippen LogP contribution in [0.4, 0.5) is 0 Å².